The van der Waals surface area contributed by atoms with E-state index >= 15 is 0 Å². The van der Waals surface area contributed by atoms with Gasteiger partial charge in [-0.3, -0.25) is 18.5 Å². The standard InChI is InChI=1S/C32H40O11S3.3Na.3H/c1-2-3-4-5-6-7-8-9-10-11-12-13-14-15-30(33)43-26-20-27(44(34,35)36)23-18-19-25-29(46(40,41)42)21-28(45(37,38)39)24-17-16-22(26)31(23)32(24)25;;;;;;/h16-21H,2-15H2,1H3,(H,34,35,36)(H,37,38,39)(H,40,41,42);;;;;;. The van der Waals surface area contributed by atoms with Crippen LogP contribution >= 0.6 is 0 Å². The van der Waals surface area contributed by atoms with Crippen molar-refractivity contribution in [3.8, 4) is 5.75 Å². The summed E-state index contributed by atoms with van der Waals surface area (Å²) < 4.78 is 109. The Kier molecular flexibility index (Phi) is 19.8. The first kappa shape index (κ1) is 47.1. The van der Waals surface area contributed by atoms with Crippen LogP contribution in [0.15, 0.2) is 51.1 Å². The van der Waals surface area contributed by atoms with Crippen LogP contribution < -0.4 is 4.74 Å². The predicted molar refractivity (Wildman–Crippen MR) is 197 cm³/mol. The van der Waals surface area contributed by atoms with Crippen LogP contribution in [0.2, 0.25) is 0 Å². The zero-order valence-electron chi connectivity index (χ0n) is 25.7. The first-order chi connectivity index (χ1) is 21.6. The molecule has 0 amide bonds. The Morgan fingerprint density at radius 3 is 1.24 bits per heavy atom. The molecule has 0 aliphatic carbocycles. The van der Waals surface area contributed by atoms with Gasteiger partial charge < -0.3 is 4.74 Å². The van der Waals surface area contributed by atoms with Crippen molar-refractivity contribution in [1.82, 2.24) is 0 Å². The Hall–Kier alpha value is 0.120. The van der Waals surface area contributed by atoms with Crippen LogP contribution in [0.3, 0.4) is 0 Å². The second-order valence-corrected chi connectivity index (χ2v) is 15.9. The van der Waals surface area contributed by atoms with Gasteiger partial charge in [0.25, 0.3) is 30.4 Å². The second-order valence-electron chi connectivity index (χ2n) is 11.7. The van der Waals surface area contributed by atoms with E-state index in [-0.39, 0.29) is 133 Å². The van der Waals surface area contributed by atoms with Gasteiger partial charge in [0.1, 0.15) is 20.4 Å². The molecule has 0 unspecified atom stereocenters. The van der Waals surface area contributed by atoms with Crippen LogP contribution in [0.4, 0.5) is 0 Å². The van der Waals surface area contributed by atoms with E-state index in [9.17, 15) is 43.7 Å². The number of carbonyl (C=O) groups is 1. The van der Waals surface area contributed by atoms with E-state index in [1.807, 2.05) is 0 Å². The van der Waals surface area contributed by atoms with Gasteiger partial charge in [-0.25, -0.2) is 0 Å². The van der Waals surface area contributed by atoms with E-state index in [0.29, 0.717) is 12.5 Å². The summed E-state index contributed by atoms with van der Waals surface area (Å²) in [6.07, 6.45) is 14.7. The van der Waals surface area contributed by atoms with Crippen molar-refractivity contribution in [3.05, 3.63) is 36.4 Å². The molecule has 0 aliphatic rings. The minimum absolute atomic E-state index is 0. The van der Waals surface area contributed by atoms with Gasteiger partial charge in [0.2, 0.25) is 0 Å². The number of esters is 1. The molecule has 11 nitrogen and oxygen atoms in total. The van der Waals surface area contributed by atoms with E-state index in [1.165, 1.54) is 69.6 Å². The maximum atomic E-state index is 12.8. The summed E-state index contributed by atoms with van der Waals surface area (Å²) >= 11 is 0. The minimum atomic E-state index is -5.03. The molecular formula is C32H43Na3O11S3. The second kappa shape index (κ2) is 20.5. The summed E-state index contributed by atoms with van der Waals surface area (Å²) in [6, 6.07) is 6.51. The van der Waals surface area contributed by atoms with E-state index < -0.39 is 51.0 Å². The SMILES string of the molecule is CCCCCCCCCCCCCCCC(=O)Oc1cc(S(=O)(=O)O)c2ccc3c(S(=O)(=O)O)cc(S(=O)(=O)O)c4ccc1c2c43.[NaH].[NaH].[NaH]. The summed E-state index contributed by atoms with van der Waals surface area (Å²) in [4.78, 5) is 10.5. The van der Waals surface area contributed by atoms with Gasteiger partial charge in [-0.15, -0.1) is 0 Å². The van der Waals surface area contributed by atoms with Crippen LogP contribution in [0.5, 0.6) is 5.75 Å². The molecule has 0 atom stereocenters. The molecule has 4 aromatic carbocycles. The zero-order chi connectivity index (χ0) is 33.7. The third-order valence-electron chi connectivity index (χ3n) is 8.29. The summed E-state index contributed by atoms with van der Waals surface area (Å²) in [5.41, 5.74) is 0. The first-order valence-corrected chi connectivity index (χ1v) is 19.9. The Bertz CT molecular complexity index is 2000. The molecule has 17 heteroatoms. The quantitative estimate of drug-likeness (QED) is 0.0279. The van der Waals surface area contributed by atoms with Crippen molar-refractivity contribution >= 4 is 157 Å². The fraction of sp³-hybridized carbons (Fsp3) is 0.469. The van der Waals surface area contributed by atoms with Crippen molar-refractivity contribution in [2.24, 2.45) is 0 Å². The van der Waals surface area contributed by atoms with Gasteiger partial charge in [-0.2, -0.15) is 25.3 Å². The molecule has 258 valence electrons. The summed E-state index contributed by atoms with van der Waals surface area (Å²) in [6.45, 7) is 2.21. The summed E-state index contributed by atoms with van der Waals surface area (Å²) in [5, 5.41) is -0.561. The Morgan fingerprint density at radius 2 is 0.857 bits per heavy atom. The fourth-order valence-corrected chi connectivity index (χ4v) is 8.26. The van der Waals surface area contributed by atoms with E-state index in [4.69, 9.17) is 4.74 Å². The van der Waals surface area contributed by atoms with Crippen molar-refractivity contribution < 1.29 is 48.4 Å². The van der Waals surface area contributed by atoms with Crippen LogP contribution in [0, 0.1) is 0 Å². The predicted octanol–water partition coefficient (Wildman–Crippen LogP) is 5.77. The molecule has 4 aromatic rings. The van der Waals surface area contributed by atoms with Crippen LogP contribution in [0.25, 0.3) is 32.3 Å². The normalized spacial score (nSPS) is 12.1. The van der Waals surface area contributed by atoms with Gasteiger partial charge >= 0.3 is 94.6 Å². The third-order valence-corrected chi connectivity index (χ3v) is 11.0. The molecule has 0 saturated carbocycles. The number of hydrogen-bond donors (Lipinski definition) is 3. The molecule has 0 spiro atoms. The monoisotopic (exact) mass is 768 g/mol. The van der Waals surface area contributed by atoms with Gasteiger partial charge in [0, 0.05) is 44.8 Å². The van der Waals surface area contributed by atoms with Gasteiger partial charge in [0.05, 0.1) is 0 Å². The molecule has 0 bridgehead atoms. The first-order valence-electron chi connectivity index (χ1n) is 15.6. The Morgan fingerprint density at radius 1 is 0.531 bits per heavy atom. The van der Waals surface area contributed by atoms with Crippen molar-refractivity contribution in [2.75, 3.05) is 0 Å². The van der Waals surface area contributed by atoms with Crippen LogP contribution in [-0.4, -0.2) is 134 Å². The molecule has 49 heavy (non-hydrogen) atoms. The molecule has 0 aromatic heterocycles. The number of hydrogen-bond acceptors (Lipinski definition) is 8. The average molecular weight is 769 g/mol. The number of ether oxygens (including phenoxy) is 1. The van der Waals surface area contributed by atoms with Gasteiger partial charge in [-0.05, 0) is 18.6 Å². The number of unbranched alkanes of at least 4 members (excludes halogenated alkanes) is 12. The van der Waals surface area contributed by atoms with E-state index in [2.05, 4.69) is 6.92 Å². The van der Waals surface area contributed by atoms with Crippen molar-refractivity contribution in [3.63, 3.8) is 0 Å². The summed E-state index contributed by atoms with van der Waals surface area (Å²) in [5.74, 6) is -0.906. The maximum absolute atomic E-state index is 12.8. The number of carbonyl (C=O) groups excluding carboxylic acids is 1. The van der Waals surface area contributed by atoms with Gasteiger partial charge in [-0.1, -0.05) is 102 Å². The van der Waals surface area contributed by atoms with Crippen LogP contribution in [0.1, 0.15) is 96.8 Å². The summed E-state index contributed by atoms with van der Waals surface area (Å²) in [7, 11) is -15.0. The Balaban J connectivity index is 0.00000400. The van der Waals surface area contributed by atoms with Crippen molar-refractivity contribution in [2.45, 2.75) is 112 Å². The van der Waals surface area contributed by atoms with Crippen LogP contribution in [-0.2, 0) is 35.1 Å². The Labute approximate surface area is 355 Å². The number of rotatable bonds is 18. The molecule has 3 N–H and O–H groups in total. The molecule has 0 fully saturated rings. The molecule has 0 heterocycles. The molecule has 0 aliphatic heterocycles. The van der Waals surface area contributed by atoms with Gasteiger partial charge in [0.15, 0.2) is 0 Å². The molecule has 0 saturated heterocycles. The third kappa shape index (κ3) is 12.3. The van der Waals surface area contributed by atoms with E-state index in [0.717, 1.165) is 37.8 Å². The molecule has 4 rings (SSSR count). The number of benzene rings is 4. The molecule has 0 radical (unpaired) electrons. The van der Waals surface area contributed by atoms with E-state index in [1.54, 1.807) is 0 Å². The topological polar surface area (TPSA) is 189 Å². The zero-order valence-corrected chi connectivity index (χ0v) is 28.1. The fourth-order valence-electron chi connectivity index (χ4n) is 6.05. The molecular weight excluding hydrogens is 726 g/mol. The van der Waals surface area contributed by atoms with Crippen molar-refractivity contribution in [1.29, 1.82) is 0 Å². The average Bonchev–Trinajstić information content (AvgIpc) is 2.96.